The van der Waals surface area contributed by atoms with E-state index in [-0.39, 0.29) is 17.6 Å². The van der Waals surface area contributed by atoms with Gasteiger partial charge in [0.25, 0.3) is 11.6 Å². The minimum atomic E-state index is -0.457. The third-order valence-electron chi connectivity index (χ3n) is 4.99. The van der Waals surface area contributed by atoms with Gasteiger partial charge in [0.2, 0.25) is 0 Å². The second kappa shape index (κ2) is 8.50. The van der Waals surface area contributed by atoms with Crippen molar-refractivity contribution in [1.82, 2.24) is 10.2 Å². The number of hydrogen-bond donors (Lipinski definition) is 1. The van der Waals surface area contributed by atoms with E-state index in [0.717, 1.165) is 37.5 Å². The normalized spacial score (nSPS) is 15.5. The van der Waals surface area contributed by atoms with E-state index in [1.165, 1.54) is 11.6 Å². The van der Waals surface area contributed by atoms with Gasteiger partial charge in [-0.15, -0.1) is 0 Å². The van der Waals surface area contributed by atoms with Gasteiger partial charge in [-0.05, 0) is 43.5 Å². The molecule has 142 valence electrons. The van der Waals surface area contributed by atoms with Crippen LogP contribution in [0.25, 0.3) is 0 Å². The Morgan fingerprint density at radius 1 is 1.22 bits per heavy atom. The largest absolute Gasteiger partial charge is 0.349 e. The summed E-state index contributed by atoms with van der Waals surface area (Å²) in [6.07, 6.45) is 1.71. The van der Waals surface area contributed by atoms with Crippen LogP contribution in [-0.2, 0) is 6.54 Å². The summed E-state index contributed by atoms with van der Waals surface area (Å²) in [5.41, 5.74) is 1.96. The fraction of sp³-hybridized carbons (Fsp3) is 0.350. The molecular weight excluding hydrogens is 366 g/mol. The van der Waals surface area contributed by atoms with E-state index >= 15 is 0 Å². The van der Waals surface area contributed by atoms with Crippen molar-refractivity contribution in [1.29, 1.82) is 0 Å². The van der Waals surface area contributed by atoms with Crippen LogP contribution in [0.5, 0.6) is 0 Å². The van der Waals surface area contributed by atoms with Crippen LogP contribution in [0.2, 0.25) is 5.02 Å². The van der Waals surface area contributed by atoms with Gasteiger partial charge in [-0.1, -0.05) is 29.8 Å². The summed E-state index contributed by atoms with van der Waals surface area (Å²) in [6.45, 7) is 4.26. The Labute approximate surface area is 163 Å². The standard InChI is InChI=1S/C20H22ClN3O3/c1-14-18(3-2-4-19(14)24(26)27)20(25)22-17-9-11-23(12-10-17)13-15-5-7-16(21)8-6-15/h2-8,17H,9-13H2,1H3,(H,22,25). The maximum absolute atomic E-state index is 12.6. The highest BCUT2D eigenvalue weighted by atomic mass is 35.5. The highest BCUT2D eigenvalue weighted by Crippen LogP contribution is 2.22. The molecule has 7 heteroatoms. The third kappa shape index (κ3) is 4.84. The number of rotatable bonds is 5. The SMILES string of the molecule is Cc1c(C(=O)NC2CCN(Cc3ccc(Cl)cc3)CC2)cccc1[N+](=O)[O-]. The number of amides is 1. The van der Waals surface area contributed by atoms with E-state index in [1.807, 2.05) is 24.3 Å². The molecule has 0 spiro atoms. The number of halogens is 1. The van der Waals surface area contributed by atoms with Crippen molar-refractivity contribution in [3.63, 3.8) is 0 Å². The molecule has 1 fully saturated rings. The first-order valence-corrected chi connectivity index (χ1v) is 9.33. The monoisotopic (exact) mass is 387 g/mol. The van der Waals surface area contributed by atoms with Crippen molar-refractivity contribution >= 4 is 23.2 Å². The summed E-state index contributed by atoms with van der Waals surface area (Å²) in [7, 11) is 0. The number of carbonyl (C=O) groups is 1. The molecule has 1 amide bonds. The Morgan fingerprint density at radius 3 is 2.52 bits per heavy atom. The predicted molar refractivity (Wildman–Crippen MR) is 105 cm³/mol. The van der Waals surface area contributed by atoms with E-state index in [4.69, 9.17) is 11.6 Å². The Hall–Kier alpha value is -2.44. The van der Waals surface area contributed by atoms with Gasteiger partial charge in [0.05, 0.1) is 4.92 Å². The van der Waals surface area contributed by atoms with Crippen LogP contribution >= 0.6 is 11.6 Å². The summed E-state index contributed by atoms with van der Waals surface area (Å²) in [5.74, 6) is -0.243. The Kier molecular flexibility index (Phi) is 6.08. The molecule has 2 aromatic carbocycles. The van der Waals surface area contributed by atoms with Crippen LogP contribution in [0.1, 0.15) is 34.3 Å². The van der Waals surface area contributed by atoms with Crippen LogP contribution in [-0.4, -0.2) is 34.9 Å². The lowest BCUT2D eigenvalue weighted by molar-refractivity contribution is -0.385. The molecule has 1 saturated heterocycles. The van der Waals surface area contributed by atoms with Crippen LogP contribution in [0, 0.1) is 17.0 Å². The van der Waals surface area contributed by atoms with E-state index in [1.54, 1.807) is 19.1 Å². The van der Waals surface area contributed by atoms with Gasteiger partial charge in [0, 0.05) is 47.9 Å². The van der Waals surface area contributed by atoms with Gasteiger partial charge in [-0.25, -0.2) is 0 Å². The topological polar surface area (TPSA) is 75.5 Å². The zero-order chi connectivity index (χ0) is 19.4. The summed E-state index contributed by atoms with van der Waals surface area (Å²) < 4.78 is 0. The number of hydrogen-bond acceptors (Lipinski definition) is 4. The van der Waals surface area contributed by atoms with Gasteiger partial charge in [-0.2, -0.15) is 0 Å². The van der Waals surface area contributed by atoms with Crippen molar-refractivity contribution in [3.05, 3.63) is 74.3 Å². The molecular formula is C20H22ClN3O3. The third-order valence-corrected chi connectivity index (χ3v) is 5.24. The fourth-order valence-electron chi connectivity index (χ4n) is 3.41. The molecule has 3 rings (SSSR count). The number of nitro groups is 1. The lowest BCUT2D eigenvalue weighted by Gasteiger charge is -2.32. The molecule has 27 heavy (non-hydrogen) atoms. The molecule has 0 atom stereocenters. The van der Waals surface area contributed by atoms with Gasteiger partial charge in [0.1, 0.15) is 0 Å². The van der Waals surface area contributed by atoms with E-state index in [9.17, 15) is 14.9 Å². The minimum Gasteiger partial charge on any atom is -0.349 e. The van der Waals surface area contributed by atoms with Crippen molar-refractivity contribution in [2.75, 3.05) is 13.1 Å². The molecule has 1 aliphatic heterocycles. The number of benzene rings is 2. The minimum absolute atomic E-state index is 0.0274. The van der Waals surface area contributed by atoms with Gasteiger partial charge >= 0.3 is 0 Å². The summed E-state index contributed by atoms with van der Waals surface area (Å²) in [5, 5.41) is 14.8. The summed E-state index contributed by atoms with van der Waals surface area (Å²) >= 11 is 5.92. The number of nitrogens with zero attached hydrogens (tertiary/aromatic N) is 2. The highest BCUT2D eigenvalue weighted by Gasteiger charge is 2.23. The Bertz CT molecular complexity index is 831. The average molecular weight is 388 g/mol. The first-order valence-electron chi connectivity index (χ1n) is 8.95. The molecule has 6 nitrogen and oxygen atoms in total. The smallest absolute Gasteiger partial charge is 0.273 e. The Balaban J connectivity index is 1.54. The van der Waals surface area contributed by atoms with Gasteiger partial charge in [0.15, 0.2) is 0 Å². The molecule has 1 heterocycles. The number of carbonyl (C=O) groups excluding carboxylic acids is 1. The molecule has 1 aliphatic rings. The number of nitro benzene ring substituents is 1. The second-order valence-corrected chi connectivity index (χ2v) is 7.29. The summed E-state index contributed by atoms with van der Waals surface area (Å²) in [4.78, 5) is 25.5. The molecule has 1 N–H and O–H groups in total. The zero-order valence-corrected chi connectivity index (χ0v) is 15.9. The quantitative estimate of drug-likeness (QED) is 0.622. The first-order chi connectivity index (χ1) is 12.9. The maximum Gasteiger partial charge on any atom is 0.273 e. The molecule has 0 radical (unpaired) electrons. The molecule has 0 unspecified atom stereocenters. The van der Waals surface area contributed by atoms with Crippen molar-refractivity contribution in [2.24, 2.45) is 0 Å². The lowest BCUT2D eigenvalue weighted by Crippen LogP contribution is -2.44. The maximum atomic E-state index is 12.6. The van der Waals surface area contributed by atoms with Crippen LogP contribution < -0.4 is 5.32 Å². The highest BCUT2D eigenvalue weighted by molar-refractivity contribution is 6.30. The number of likely N-dealkylation sites (tertiary alicyclic amines) is 1. The van der Waals surface area contributed by atoms with Crippen LogP contribution in [0.15, 0.2) is 42.5 Å². The molecule has 0 aliphatic carbocycles. The van der Waals surface area contributed by atoms with Crippen LogP contribution in [0.4, 0.5) is 5.69 Å². The molecule has 0 aromatic heterocycles. The lowest BCUT2D eigenvalue weighted by atomic mass is 10.0. The fourth-order valence-corrected chi connectivity index (χ4v) is 3.54. The van der Waals surface area contributed by atoms with E-state index in [2.05, 4.69) is 10.2 Å². The first kappa shape index (κ1) is 19.3. The van der Waals surface area contributed by atoms with Gasteiger partial charge in [-0.3, -0.25) is 19.8 Å². The molecule has 0 bridgehead atoms. The number of nitrogens with one attached hydrogen (secondary N) is 1. The van der Waals surface area contributed by atoms with Crippen molar-refractivity contribution < 1.29 is 9.72 Å². The van der Waals surface area contributed by atoms with Crippen molar-refractivity contribution in [3.8, 4) is 0 Å². The Morgan fingerprint density at radius 2 is 1.89 bits per heavy atom. The predicted octanol–water partition coefficient (Wildman–Crippen LogP) is 3.95. The van der Waals surface area contributed by atoms with E-state index in [0.29, 0.717) is 11.1 Å². The zero-order valence-electron chi connectivity index (χ0n) is 15.2. The van der Waals surface area contributed by atoms with Crippen molar-refractivity contribution in [2.45, 2.75) is 32.4 Å². The molecule has 2 aromatic rings. The van der Waals surface area contributed by atoms with Crippen LogP contribution in [0.3, 0.4) is 0 Å². The summed E-state index contributed by atoms with van der Waals surface area (Å²) in [6, 6.07) is 12.5. The number of piperidine rings is 1. The van der Waals surface area contributed by atoms with E-state index < -0.39 is 4.92 Å². The second-order valence-electron chi connectivity index (χ2n) is 6.86. The molecule has 0 saturated carbocycles. The average Bonchev–Trinajstić information content (AvgIpc) is 2.65. The van der Waals surface area contributed by atoms with Gasteiger partial charge < -0.3 is 5.32 Å².